The van der Waals surface area contributed by atoms with Crippen molar-refractivity contribution in [3.05, 3.63) is 60.0 Å². The Morgan fingerprint density at radius 2 is 1.86 bits per heavy atom. The average molecular weight is 479 g/mol. The van der Waals surface area contributed by atoms with Crippen LogP contribution in [0.1, 0.15) is 30.9 Å². The Morgan fingerprint density at radius 1 is 1.09 bits per heavy atom. The van der Waals surface area contributed by atoms with Gasteiger partial charge in [-0.3, -0.25) is 19.2 Å². The molecule has 10 heteroatoms. The molecule has 3 amide bonds. The number of para-hydroxylation sites is 1. The summed E-state index contributed by atoms with van der Waals surface area (Å²) in [5.41, 5.74) is 2.64. The van der Waals surface area contributed by atoms with Gasteiger partial charge in [0.1, 0.15) is 12.1 Å². The standard InChI is InChI=1S/C25H30N6O4/c1-16(32)29-23(11-18-14-27-21-6-4-3-5-20(18)21)25(35)30-22(8-7-19(33)12-26)24(34)28-13-17-9-10-31(2)15-17/h3-6,9-10,12,14-15,22-23,26-27H,7-8,11,13H2,1-2H3,(H,28,34)(H,29,32)(H,30,35)/t22-,23-/m0/s1. The third kappa shape index (κ3) is 7.13. The number of carbonyl (C=O) groups excluding carboxylic acids is 4. The summed E-state index contributed by atoms with van der Waals surface area (Å²) in [6.07, 6.45) is 6.37. The lowest BCUT2D eigenvalue weighted by atomic mass is 10.0. The van der Waals surface area contributed by atoms with E-state index in [9.17, 15) is 19.2 Å². The highest BCUT2D eigenvalue weighted by Crippen LogP contribution is 2.19. The molecule has 0 aliphatic carbocycles. The maximum Gasteiger partial charge on any atom is 0.243 e. The van der Waals surface area contributed by atoms with E-state index in [0.717, 1.165) is 22.0 Å². The molecule has 2 atom stereocenters. The van der Waals surface area contributed by atoms with Crippen LogP contribution < -0.4 is 16.0 Å². The van der Waals surface area contributed by atoms with Gasteiger partial charge in [0.2, 0.25) is 17.7 Å². The van der Waals surface area contributed by atoms with E-state index in [2.05, 4.69) is 20.9 Å². The van der Waals surface area contributed by atoms with Gasteiger partial charge >= 0.3 is 0 Å². The fourth-order valence-electron chi connectivity index (χ4n) is 3.85. The number of aryl methyl sites for hydroxylation is 1. The number of rotatable bonds is 12. The van der Waals surface area contributed by atoms with Crippen LogP contribution in [-0.2, 0) is 39.2 Å². The SMILES string of the molecule is CC(=O)N[C@@H](Cc1c[nH]c2ccccc12)C(=O)N[C@@H](CCC(=O)C=N)C(=O)NCc1ccn(C)c1. The van der Waals surface area contributed by atoms with Gasteiger partial charge in [-0.25, -0.2) is 0 Å². The number of H-pyrrole nitrogens is 1. The van der Waals surface area contributed by atoms with Crippen LogP contribution in [0.3, 0.4) is 0 Å². The monoisotopic (exact) mass is 478 g/mol. The number of benzene rings is 1. The summed E-state index contributed by atoms with van der Waals surface area (Å²) in [6, 6.07) is 7.56. The maximum absolute atomic E-state index is 13.2. The van der Waals surface area contributed by atoms with Crippen molar-refractivity contribution in [3.8, 4) is 0 Å². The van der Waals surface area contributed by atoms with E-state index < -0.39 is 29.7 Å². The highest BCUT2D eigenvalue weighted by Gasteiger charge is 2.27. The Hall–Kier alpha value is -4.21. The number of Topliss-reactive ketones (excluding diaryl/α,β-unsaturated/α-hetero) is 1. The molecule has 184 valence electrons. The van der Waals surface area contributed by atoms with Crippen molar-refractivity contribution in [1.82, 2.24) is 25.5 Å². The number of aromatic amines is 1. The van der Waals surface area contributed by atoms with E-state index in [1.807, 2.05) is 54.3 Å². The predicted octanol–water partition coefficient (Wildman–Crippen LogP) is 1.35. The third-order valence-electron chi connectivity index (χ3n) is 5.63. The molecule has 5 N–H and O–H groups in total. The summed E-state index contributed by atoms with van der Waals surface area (Å²) in [7, 11) is 1.87. The largest absolute Gasteiger partial charge is 0.361 e. The minimum Gasteiger partial charge on any atom is -0.361 e. The summed E-state index contributed by atoms with van der Waals surface area (Å²) < 4.78 is 1.85. The molecule has 0 radical (unpaired) electrons. The fourth-order valence-corrected chi connectivity index (χ4v) is 3.85. The zero-order valence-electron chi connectivity index (χ0n) is 19.8. The van der Waals surface area contributed by atoms with Gasteiger partial charge < -0.3 is 30.9 Å². The van der Waals surface area contributed by atoms with Gasteiger partial charge in [-0.2, -0.15) is 0 Å². The van der Waals surface area contributed by atoms with E-state index >= 15 is 0 Å². The highest BCUT2D eigenvalue weighted by molar-refractivity contribution is 6.26. The van der Waals surface area contributed by atoms with Crippen LogP contribution in [0.15, 0.2) is 48.9 Å². The number of hydrogen-bond donors (Lipinski definition) is 5. The number of nitrogens with zero attached hydrogens (tertiary/aromatic N) is 1. The Morgan fingerprint density at radius 3 is 2.54 bits per heavy atom. The second kappa shape index (κ2) is 11.8. The van der Waals surface area contributed by atoms with E-state index in [4.69, 9.17) is 5.41 Å². The van der Waals surface area contributed by atoms with Crippen LogP contribution >= 0.6 is 0 Å². The molecule has 0 bridgehead atoms. The molecule has 0 saturated carbocycles. The number of ketones is 1. The number of hydrogen-bond acceptors (Lipinski definition) is 5. The molecule has 1 aromatic carbocycles. The lowest BCUT2D eigenvalue weighted by Gasteiger charge is -2.22. The molecule has 0 aliphatic heterocycles. The van der Waals surface area contributed by atoms with Crippen molar-refractivity contribution >= 4 is 40.6 Å². The summed E-state index contributed by atoms with van der Waals surface area (Å²) in [5, 5.41) is 16.2. The van der Waals surface area contributed by atoms with Crippen molar-refractivity contribution in [2.45, 2.75) is 44.8 Å². The summed E-state index contributed by atoms with van der Waals surface area (Å²) in [4.78, 5) is 52.8. The Balaban J connectivity index is 1.74. The quantitative estimate of drug-likeness (QED) is 0.250. The zero-order chi connectivity index (χ0) is 25.4. The van der Waals surface area contributed by atoms with Gasteiger partial charge in [0.05, 0.1) is 6.21 Å². The molecule has 0 fully saturated rings. The summed E-state index contributed by atoms with van der Waals surface area (Å²) in [6.45, 7) is 1.58. The van der Waals surface area contributed by atoms with Crippen LogP contribution in [0.25, 0.3) is 10.9 Å². The number of fused-ring (bicyclic) bond motifs is 1. The molecule has 35 heavy (non-hydrogen) atoms. The number of nitrogens with one attached hydrogen (secondary N) is 5. The first-order valence-electron chi connectivity index (χ1n) is 11.3. The smallest absolute Gasteiger partial charge is 0.243 e. The van der Waals surface area contributed by atoms with Crippen LogP contribution in [-0.4, -0.2) is 51.4 Å². The minimum absolute atomic E-state index is 0.0282. The third-order valence-corrected chi connectivity index (χ3v) is 5.63. The van der Waals surface area contributed by atoms with Crippen molar-refractivity contribution in [1.29, 1.82) is 5.41 Å². The fraction of sp³-hybridized carbons (Fsp3) is 0.320. The lowest BCUT2D eigenvalue weighted by molar-refractivity contribution is -0.132. The molecular weight excluding hydrogens is 448 g/mol. The molecule has 2 aromatic heterocycles. The first kappa shape index (κ1) is 25.4. The lowest BCUT2D eigenvalue weighted by Crippen LogP contribution is -2.54. The van der Waals surface area contributed by atoms with Crippen molar-refractivity contribution in [2.75, 3.05) is 0 Å². The topological polar surface area (TPSA) is 149 Å². The van der Waals surface area contributed by atoms with E-state index in [1.165, 1.54) is 6.92 Å². The molecule has 0 unspecified atom stereocenters. The average Bonchev–Trinajstić information content (AvgIpc) is 3.44. The van der Waals surface area contributed by atoms with Gasteiger partial charge in [0, 0.05) is 62.9 Å². The second-order valence-corrected chi connectivity index (χ2v) is 8.43. The highest BCUT2D eigenvalue weighted by atomic mass is 16.2. The molecular formula is C25H30N6O4. The zero-order valence-corrected chi connectivity index (χ0v) is 19.8. The summed E-state index contributed by atoms with van der Waals surface area (Å²) in [5.74, 6) is -1.81. The van der Waals surface area contributed by atoms with Gasteiger partial charge in [-0.15, -0.1) is 0 Å². The van der Waals surface area contributed by atoms with Gasteiger partial charge in [0.15, 0.2) is 5.78 Å². The molecule has 3 aromatic rings. The first-order valence-corrected chi connectivity index (χ1v) is 11.3. The van der Waals surface area contributed by atoms with E-state index in [-0.39, 0.29) is 31.7 Å². The van der Waals surface area contributed by atoms with Crippen LogP contribution in [0.4, 0.5) is 0 Å². The number of carbonyl (C=O) groups is 4. The summed E-state index contributed by atoms with van der Waals surface area (Å²) >= 11 is 0. The molecule has 0 aliphatic rings. The van der Waals surface area contributed by atoms with Crippen LogP contribution in [0.2, 0.25) is 0 Å². The van der Waals surface area contributed by atoms with Gasteiger partial charge in [0.25, 0.3) is 0 Å². The first-order chi connectivity index (χ1) is 16.8. The number of aromatic nitrogens is 2. The molecule has 0 spiro atoms. The van der Waals surface area contributed by atoms with Crippen molar-refractivity contribution in [3.63, 3.8) is 0 Å². The minimum atomic E-state index is -1.01. The van der Waals surface area contributed by atoms with Crippen LogP contribution in [0, 0.1) is 5.41 Å². The molecule has 0 saturated heterocycles. The Labute approximate surface area is 203 Å². The maximum atomic E-state index is 13.2. The van der Waals surface area contributed by atoms with Crippen molar-refractivity contribution in [2.24, 2.45) is 7.05 Å². The Kier molecular flexibility index (Phi) is 8.55. The Bertz CT molecular complexity index is 1230. The molecule has 10 nitrogen and oxygen atoms in total. The molecule has 2 heterocycles. The predicted molar refractivity (Wildman–Crippen MR) is 132 cm³/mol. The van der Waals surface area contributed by atoms with Crippen molar-refractivity contribution < 1.29 is 19.2 Å². The van der Waals surface area contributed by atoms with Gasteiger partial charge in [-0.05, 0) is 29.7 Å². The van der Waals surface area contributed by atoms with E-state index in [0.29, 0.717) is 6.21 Å². The van der Waals surface area contributed by atoms with Gasteiger partial charge in [-0.1, -0.05) is 18.2 Å². The van der Waals surface area contributed by atoms with E-state index in [1.54, 1.807) is 6.20 Å². The molecule has 3 rings (SSSR count). The van der Waals surface area contributed by atoms with Crippen LogP contribution in [0.5, 0.6) is 0 Å². The number of amides is 3. The normalized spacial score (nSPS) is 12.5. The second-order valence-electron chi connectivity index (χ2n) is 8.43.